The zero-order valence-corrected chi connectivity index (χ0v) is 26.4. The average Bonchev–Trinajstić information content (AvgIpc) is 3.03. The van der Waals surface area contributed by atoms with E-state index in [0.717, 1.165) is 28.6 Å². The van der Waals surface area contributed by atoms with Crippen molar-refractivity contribution >= 4 is 35.4 Å². The zero-order chi connectivity index (χ0) is 33.5. The first kappa shape index (κ1) is 39.2. The molecule has 0 fully saturated rings. The van der Waals surface area contributed by atoms with Crippen molar-refractivity contribution in [3.63, 3.8) is 0 Å². The van der Waals surface area contributed by atoms with Gasteiger partial charge in [-0.15, -0.1) is 12.8 Å². The van der Waals surface area contributed by atoms with Crippen molar-refractivity contribution in [3.8, 4) is 12.8 Å². The van der Waals surface area contributed by atoms with Gasteiger partial charge in [0.2, 0.25) is 18.2 Å². The molecular weight excluding hydrogens is 565 g/mol. The molecule has 3 rings (SSSR count). The molecule has 2 aromatic rings. The number of benzene rings is 1. The molecule has 1 aliphatic rings. The Bertz CT molecular complexity index is 1340. The molecule has 1 aromatic carbocycles. The van der Waals surface area contributed by atoms with Crippen LogP contribution < -0.4 is 5.32 Å². The van der Waals surface area contributed by atoms with E-state index in [0.29, 0.717) is 50.7 Å². The molecule has 1 aromatic heterocycles. The van der Waals surface area contributed by atoms with Crippen LogP contribution in [0.15, 0.2) is 77.5 Å². The number of carboxylic acid groups (broad SMARTS) is 1. The monoisotopic (exact) mass is 609 g/mol. The third-order valence-electron chi connectivity index (χ3n) is 5.60. The number of allylic oxidation sites excluding steroid dienone is 4. The number of terminal acetylenes is 1. The van der Waals surface area contributed by atoms with Gasteiger partial charge in [0.25, 0.3) is 0 Å². The SMILES string of the molecule is C#C.C=C/C(=C\C=C\CC(=O)O)Nc1ncc2ccc(C/C=N\C3=C(CC)N(C=O)CCO3)cc2n1.CF.COC(C)(C)C. The number of carboxylic acids is 1. The van der Waals surface area contributed by atoms with E-state index in [1.165, 1.54) is 6.08 Å². The summed E-state index contributed by atoms with van der Waals surface area (Å²) in [5.41, 5.74) is 3.24. The van der Waals surface area contributed by atoms with Crippen LogP contribution in [0.5, 0.6) is 0 Å². The van der Waals surface area contributed by atoms with Crippen LogP contribution in [0.3, 0.4) is 0 Å². The number of methoxy groups -OCH3 is 1. The van der Waals surface area contributed by atoms with E-state index < -0.39 is 5.97 Å². The molecule has 0 saturated heterocycles. The van der Waals surface area contributed by atoms with Crippen molar-refractivity contribution in [2.75, 3.05) is 32.8 Å². The molecule has 11 heteroatoms. The molecule has 0 atom stereocenters. The van der Waals surface area contributed by atoms with E-state index >= 15 is 0 Å². The Labute approximate surface area is 260 Å². The maximum absolute atomic E-state index is 11.2. The van der Waals surface area contributed by atoms with E-state index in [2.05, 4.69) is 39.7 Å². The van der Waals surface area contributed by atoms with Gasteiger partial charge in [-0.05, 0) is 51.0 Å². The number of aliphatic imine (C=N–C) groups is 1. The highest BCUT2D eigenvalue weighted by molar-refractivity contribution is 5.80. The lowest BCUT2D eigenvalue weighted by molar-refractivity contribution is -0.136. The molecule has 0 radical (unpaired) electrons. The third-order valence-corrected chi connectivity index (χ3v) is 5.60. The van der Waals surface area contributed by atoms with Crippen LogP contribution in [-0.4, -0.2) is 71.6 Å². The first-order valence-electron chi connectivity index (χ1n) is 13.7. The third kappa shape index (κ3) is 14.9. The number of alkyl halides is 1. The number of amides is 1. The molecule has 2 heterocycles. The summed E-state index contributed by atoms with van der Waals surface area (Å²) in [5, 5.41) is 12.7. The summed E-state index contributed by atoms with van der Waals surface area (Å²) in [4.78, 5) is 36.8. The second-order valence-corrected chi connectivity index (χ2v) is 9.65. The number of aliphatic carboxylic acids is 1. The van der Waals surface area contributed by atoms with Crippen LogP contribution in [0, 0.1) is 12.8 Å². The van der Waals surface area contributed by atoms with Crippen LogP contribution in [0.4, 0.5) is 10.3 Å². The maximum atomic E-state index is 11.2. The number of ether oxygens (including phenoxy) is 2. The van der Waals surface area contributed by atoms with Gasteiger partial charge in [-0.1, -0.05) is 37.8 Å². The first-order chi connectivity index (χ1) is 21.1. The number of hydrogen-bond acceptors (Lipinski definition) is 8. The lowest BCUT2D eigenvalue weighted by Gasteiger charge is -2.26. The Kier molecular flexibility index (Phi) is 19.4. The highest BCUT2D eigenvalue weighted by atomic mass is 19.1. The molecule has 0 unspecified atom stereocenters. The van der Waals surface area contributed by atoms with Gasteiger partial charge in [-0.25, -0.2) is 15.0 Å². The molecule has 0 aliphatic carbocycles. The van der Waals surface area contributed by atoms with Crippen molar-refractivity contribution in [1.82, 2.24) is 14.9 Å². The summed E-state index contributed by atoms with van der Waals surface area (Å²) in [6, 6.07) is 5.90. The highest BCUT2D eigenvalue weighted by Gasteiger charge is 2.18. The van der Waals surface area contributed by atoms with Gasteiger partial charge < -0.3 is 24.8 Å². The van der Waals surface area contributed by atoms with Crippen molar-refractivity contribution in [3.05, 3.63) is 78.1 Å². The van der Waals surface area contributed by atoms with Gasteiger partial charge >= 0.3 is 5.97 Å². The predicted octanol–water partition coefficient (Wildman–Crippen LogP) is 6.09. The van der Waals surface area contributed by atoms with E-state index in [1.54, 1.807) is 42.6 Å². The molecule has 0 spiro atoms. The number of rotatable bonds is 11. The Morgan fingerprint density at radius 2 is 2.00 bits per heavy atom. The molecular formula is C33H44FN5O5. The van der Waals surface area contributed by atoms with Crippen LogP contribution in [0.2, 0.25) is 0 Å². The summed E-state index contributed by atoms with van der Waals surface area (Å²) in [5.74, 6) is -0.0109. The number of anilines is 1. The van der Waals surface area contributed by atoms with Gasteiger partial charge in [0, 0.05) is 37.0 Å². The fraction of sp³-hybridized carbons (Fsp3) is 0.364. The minimum atomic E-state index is -0.895. The van der Waals surface area contributed by atoms with Crippen molar-refractivity contribution in [2.45, 2.75) is 52.6 Å². The minimum absolute atomic E-state index is 0.0417. The van der Waals surface area contributed by atoms with E-state index in [9.17, 15) is 14.0 Å². The summed E-state index contributed by atoms with van der Waals surface area (Å²) >= 11 is 0. The molecule has 2 N–H and O–H groups in total. The van der Waals surface area contributed by atoms with Crippen molar-refractivity contribution in [1.29, 1.82) is 0 Å². The second-order valence-electron chi connectivity index (χ2n) is 9.65. The Morgan fingerprint density at radius 3 is 2.57 bits per heavy atom. The Hall–Kier alpha value is -4.82. The molecule has 0 bridgehead atoms. The smallest absolute Gasteiger partial charge is 0.307 e. The highest BCUT2D eigenvalue weighted by Crippen LogP contribution is 2.20. The average molecular weight is 610 g/mol. The lowest BCUT2D eigenvalue weighted by Crippen LogP contribution is -2.31. The number of nitrogens with zero attached hydrogens (tertiary/aromatic N) is 4. The topological polar surface area (TPSA) is 126 Å². The molecule has 1 aliphatic heterocycles. The van der Waals surface area contributed by atoms with Crippen molar-refractivity contribution in [2.24, 2.45) is 4.99 Å². The normalized spacial score (nSPS) is 13.1. The van der Waals surface area contributed by atoms with Gasteiger partial charge in [0.15, 0.2) is 0 Å². The molecule has 0 saturated carbocycles. The standard InChI is InChI=1S/C25H27N5O4.C5H12O.C2H2.CH3F/c1-3-20(7-5-6-8-23(32)33)28-25-27-16-19-10-9-18(15-21(19)29-25)11-12-26-24-22(4-2)30(17-31)13-14-34-24;1-5(2,3)6-4;2*1-2/h3,5-7,9-10,12,15-17H,1,4,8,11,13-14H2,2H3,(H,32,33)(H,27,28,29);1-4H3;1-2H;1H3/b6-5+,20-7+,26-12-;;;. The van der Waals surface area contributed by atoms with E-state index in [-0.39, 0.29) is 12.0 Å². The van der Waals surface area contributed by atoms with Crippen LogP contribution in [-0.2, 0) is 25.5 Å². The van der Waals surface area contributed by atoms with Crippen molar-refractivity contribution < 1.29 is 28.6 Å². The molecule has 1 amide bonds. The van der Waals surface area contributed by atoms with Crippen LogP contribution in [0.1, 0.15) is 46.1 Å². The maximum Gasteiger partial charge on any atom is 0.307 e. The molecule has 10 nitrogen and oxygen atoms in total. The summed E-state index contributed by atoms with van der Waals surface area (Å²) < 4.78 is 20.1. The number of fused-ring (bicyclic) bond motifs is 1. The van der Waals surface area contributed by atoms with Crippen LogP contribution >= 0.6 is 0 Å². The predicted molar refractivity (Wildman–Crippen MR) is 175 cm³/mol. The second kappa shape index (κ2) is 21.8. The number of carbonyl (C=O) groups is 2. The largest absolute Gasteiger partial charge is 0.481 e. The Balaban J connectivity index is 0.00000163. The van der Waals surface area contributed by atoms with Gasteiger partial charge in [0.1, 0.15) is 6.61 Å². The fourth-order valence-corrected chi connectivity index (χ4v) is 3.28. The van der Waals surface area contributed by atoms with Gasteiger partial charge in [0.05, 0.1) is 37.0 Å². The number of aromatic nitrogens is 2. The summed E-state index contributed by atoms with van der Waals surface area (Å²) in [6.45, 7) is 12.7. The van der Waals surface area contributed by atoms with E-state index in [1.807, 2.05) is 45.9 Å². The number of halogens is 1. The minimum Gasteiger partial charge on any atom is -0.481 e. The number of carbonyl (C=O) groups excluding carboxylic acids is 1. The zero-order valence-electron chi connectivity index (χ0n) is 26.4. The van der Waals surface area contributed by atoms with Gasteiger partial charge in [-0.2, -0.15) is 0 Å². The number of hydrogen-bond donors (Lipinski definition) is 2. The van der Waals surface area contributed by atoms with Gasteiger partial charge in [-0.3, -0.25) is 14.0 Å². The molecule has 238 valence electrons. The summed E-state index contributed by atoms with van der Waals surface area (Å²) in [6.07, 6.45) is 20.0. The number of nitrogens with one attached hydrogen (secondary N) is 1. The fourth-order valence-electron chi connectivity index (χ4n) is 3.28. The van der Waals surface area contributed by atoms with E-state index in [4.69, 9.17) is 14.6 Å². The first-order valence-corrected chi connectivity index (χ1v) is 13.7. The quantitative estimate of drug-likeness (QED) is 0.136. The lowest BCUT2D eigenvalue weighted by atomic mass is 10.1. The summed E-state index contributed by atoms with van der Waals surface area (Å²) in [7, 11) is 2.21. The molecule has 44 heavy (non-hydrogen) atoms. The van der Waals surface area contributed by atoms with Crippen LogP contribution in [0.25, 0.3) is 10.9 Å². The Morgan fingerprint density at radius 1 is 1.32 bits per heavy atom.